The number of nitrogens with one attached hydrogen (secondary N) is 1. The van der Waals surface area contributed by atoms with E-state index in [9.17, 15) is 30.8 Å². The van der Waals surface area contributed by atoms with Crippen LogP contribution in [0.1, 0.15) is 17.1 Å². The van der Waals surface area contributed by atoms with Gasteiger partial charge in [0.15, 0.2) is 0 Å². The number of anilines is 1. The molecule has 2 aromatic rings. The number of carbonyl (C=O) groups is 1. The van der Waals surface area contributed by atoms with E-state index in [2.05, 4.69) is 5.32 Å². The lowest BCUT2D eigenvalue weighted by Gasteiger charge is -2.11. The second-order valence-corrected chi connectivity index (χ2v) is 7.93. The van der Waals surface area contributed by atoms with Crippen LogP contribution in [-0.2, 0) is 27.5 Å². The fourth-order valence-electron chi connectivity index (χ4n) is 2.07. The Morgan fingerprint density at radius 1 is 1.25 bits per heavy atom. The summed E-state index contributed by atoms with van der Waals surface area (Å²) in [7, 11) is -2.01. The highest BCUT2D eigenvalue weighted by atomic mass is 32.2. The van der Waals surface area contributed by atoms with Gasteiger partial charge in [0, 0.05) is 18.8 Å². The summed E-state index contributed by atoms with van der Waals surface area (Å²) in [6.45, 7) is -0.00529. The first-order valence-corrected chi connectivity index (χ1v) is 9.57. The zero-order chi connectivity index (χ0) is 21.1. The van der Waals surface area contributed by atoms with Gasteiger partial charge in [-0.3, -0.25) is 4.79 Å². The molecule has 0 unspecified atom stereocenters. The first kappa shape index (κ1) is 21.6. The Balaban J connectivity index is 2.03. The van der Waals surface area contributed by atoms with E-state index in [4.69, 9.17) is 4.42 Å². The van der Waals surface area contributed by atoms with Crippen LogP contribution in [0.4, 0.5) is 23.2 Å². The van der Waals surface area contributed by atoms with Crippen LogP contribution in [0.25, 0.3) is 6.08 Å². The number of hydrogen-bond acceptors (Lipinski definition) is 4. The van der Waals surface area contributed by atoms with Crippen LogP contribution in [0.3, 0.4) is 0 Å². The average Bonchev–Trinajstić information content (AvgIpc) is 3.00. The van der Waals surface area contributed by atoms with Crippen molar-refractivity contribution in [1.29, 1.82) is 0 Å². The lowest BCUT2D eigenvalue weighted by atomic mass is 10.2. The quantitative estimate of drug-likeness (QED) is 0.573. The molecule has 152 valence electrons. The van der Waals surface area contributed by atoms with Gasteiger partial charge in [0.1, 0.15) is 17.3 Å². The van der Waals surface area contributed by atoms with Crippen molar-refractivity contribution in [2.24, 2.45) is 0 Å². The van der Waals surface area contributed by atoms with Gasteiger partial charge in [-0.25, -0.2) is 12.8 Å². The monoisotopic (exact) mass is 420 g/mol. The van der Waals surface area contributed by atoms with E-state index in [0.717, 1.165) is 22.7 Å². The van der Waals surface area contributed by atoms with Crippen molar-refractivity contribution in [3.05, 3.63) is 59.3 Å². The summed E-state index contributed by atoms with van der Waals surface area (Å²) in [5, 5.41) is 2.19. The normalized spacial score (nSPS) is 12.7. The fourth-order valence-corrected chi connectivity index (χ4v) is 2.43. The van der Waals surface area contributed by atoms with Gasteiger partial charge in [0.2, 0.25) is 15.9 Å². The number of rotatable bonds is 6. The summed E-state index contributed by atoms with van der Waals surface area (Å²) >= 11 is 0. The SMILES string of the molecule is CN(Cc1ccc(/C=C/C(=O)Nc2ccc(F)c(C(F)(F)F)c2)o1)S(C)(=O)=O. The van der Waals surface area contributed by atoms with Crippen LogP contribution in [0.5, 0.6) is 0 Å². The first-order valence-electron chi connectivity index (χ1n) is 7.72. The Morgan fingerprint density at radius 2 is 1.93 bits per heavy atom. The minimum Gasteiger partial charge on any atom is -0.460 e. The van der Waals surface area contributed by atoms with Crippen molar-refractivity contribution in [1.82, 2.24) is 4.31 Å². The third-order valence-electron chi connectivity index (χ3n) is 3.57. The highest BCUT2D eigenvalue weighted by Crippen LogP contribution is 2.33. The number of amides is 1. The van der Waals surface area contributed by atoms with Crippen LogP contribution in [0.2, 0.25) is 0 Å². The summed E-state index contributed by atoms with van der Waals surface area (Å²) in [5.74, 6) is -1.63. The Hall–Kier alpha value is -2.66. The van der Waals surface area contributed by atoms with E-state index in [1.807, 2.05) is 0 Å². The van der Waals surface area contributed by atoms with Gasteiger partial charge in [-0.05, 0) is 36.4 Å². The maximum absolute atomic E-state index is 13.2. The van der Waals surface area contributed by atoms with Crippen molar-refractivity contribution in [2.45, 2.75) is 12.7 Å². The summed E-state index contributed by atoms with van der Waals surface area (Å²) < 4.78 is 80.4. The third-order valence-corrected chi connectivity index (χ3v) is 4.83. The molecule has 1 aromatic carbocycles. The maximum atomic E-state index is 13.2. The van der Waals surface area contributed by atoms with E-state index >= 15 is 0 Å². The van der Waals surface area contributed by atoms with Crippen molar-refractivity contribution in [3.8, 4) is 0 Å². The van der Waals surface area contributed by atoms with Gasteiger partial charge >= 0.3 is 6.18 Å². The van der Waals surface area contributed by atoms with E-state index in [-0.39, 0.29) is 18.0 Å². The number of nitrogens with zero attached hydrogens (tertiary/aromatic N) is 1. The summed E-state index contributed by atoms with van der Waals surface area (Å²) in [6.07, 6.45) is -1.57. The van der Waals surface area contributed by atoms with E-state index in [1.165, 1.54) is 25.3 Å². The largest absolute Gasteiger partial charge is 0.460 e. The zero-order valence-electron chi connectivity index (χ0n) is 14.7. The van der Waals surface area contributed by atoms with Gasteiger partial charge in [0.25, 0.3) is 0 Å². The molecule has 6 nitrogen and oxygen atoms in total. The van der Waals surface area contributed by atoms with E-state index in [1.54, 1.807) is 0 Å². The van der Waals surface area contributed by atoms with Crippen LogP contribution in [-0.4, -0.2) is 31.9 Å². The molecule has 0 saturated carbocycles. The van der Waals surface area contributed by atoms with Crippen LogP contribution < -0.4 is 5.32 Å². The number of furan rings is 1. The molecular weight excluding hydrogens is 404 g/mol. The molecule has 11 heteroatoms. The predicted molar refractivity (Wildman–Crippen MR) is 94.1 cm³/mol. The number of carbonyl (C=O) groups excluding carboxylic acids is 1. The molecule has 2 rings (SSSR count). The lowest BCUT2D eigenvalue weighted by molar-refractivity contribution is -0.140. The standard InChI is InChI=1S/C17H16F4N2O4S/c1-23(28(2,25)26)10-13-5-4-12(27-13)6-8-16(24)22-11-3-7-15(18)14(9-11)17(19,20)21/h3-9H,10H2,1-2H3,(H,22,24)/b8-6+. The maximum Gasteiger partial charge on any atom is 0.419 e. The number of sulfonamides is 1. The summed E-state index contributed by atoms with van der Waals surface area (Å²) in [4.78, 5) is 11.8. The second kappa shape index (κ2) is 8.15. The van der Waals surface area contributed by atoms with Crippen LogP contribution >= 0.6 is 0 Å². The Bertz CT molecular complexity index is 997. The molecule has 1 N–H and O–H groups in total. The zero-order valence-corrected chi connectivity index (χ0v) is 15.6. The molecule has 0 aliphatic carbocycles. The average molecular weight is 420 g/mol. The Kier molecular flexibility index (Phi) is 6.30. The minimum absolute atomic E-state index is 0.00529. The second-order valence-electron chi connectivity index (χ2n) is 5.84. The molecule has 0 bridgehead atoms. The fraction of sp³-hybridized carbons (Fsp3) is 0.235. The third kappa shape index (κ3) is 5.92. The van der Waals surface area contributed by atoms with Gasteiger partial charge in [-0.2, -0.15) is 17.5 Å². The van der Waals surface area contributed by atoms with Crippen LogP contribution in [0, 0.1) is 5.82 Å². The van der Waals surface area contributed by atoms with Crippen molar-refractivity contribution < 1.29 is 35.2 Å². The van der Waals surface area contributed by atoms with Gasteiger partial charge in [-0.15, -0.1) is 0 Å². The number of hydrogen-bond donors (Lipinski definition) is 1. The van der Waals surface area contributed by atoms with Crippen LogP contribution in [0.15, 0.2) is 40.8 Å². The molecule has 0 atom stereocenters. The molecule has 1 amide bonds. The van der Waals surface area contributed by atoms with Crippen molar-refractivity contribution >= 4 is 27.7 Å². The predicted octanol–water partition coefficient (Wildman–Crippen LogP) is 3.48. The molecule has 0 saturated heterocycles. The molecule has 1 aromatic heterocycles. The Morgan fingerprint density at radius 3 is 2.54 bits per heavy atom. The summed E-state index contributed by atoms with van der Waals surface area (Å²) in [5.41, 5.74) is -1.71. The van der Waals surface area contributed by atoms with Crippen molar-refractivity contribution in [2.75, 3.05) is 18.6 Å². The Labute approximate surface area is 158 Å². The molecule has 0 spiro atoms. The number of halogens is 4. The summed E-state index contributed by atoms with van der Waals surface area (Å²) in [6, 6.07) is 5.12. The van der Waals surface area contributed by atoms with E-state index < -0.39 is 33.5 Å². The topological polar surface area (TPSA) is 79.6 Å². The minimum atomic E-state index is -4.88. The first-order chi connectivity index (χ1) is 12.9. The number of benzene rings is 1. The number of alkyl halides is 3. The molecular formula is C17H16F4N2O4S. The van der Waals surface area contributed by atoms with Gasteiger partial charge in [-0.1, -0.05) is 0 Å². The lowest BCUT2D eigenvalue weighted by Crippen LogP contribution is -2.24. The van der Waals surface area contributed by atoms with Gasteiger partial charge < -0.3 is 9.73 Å². The molecule has 28 heavy (non-hydrogen) atoms. The van der Waals surface area contributed by atoms with Crippen molar-refractivity contribution in [3.63, 3.8) is 0 Å². The molecule has 0 aliphatic heterocycles. The smallest absolute Gasteiger partial charge is 0.419 e. The van der Waals surface area contributed by atoms with E-state index in [0.29, 0.717) is 17.9 Å². The highest BCUT2D eigenvalue weighted by molar-refractivity contribution is 7.88. The molecule has 0 radical (unpaired) electrons. The molecule has 0 aliphatic rings. The highest BCUT2D eigenvalue weighted by Gasteiger charge is 2.34. The molecule has 1 heterocycles. The molecule has 0 fully saturated rings. The van der Waals surface area contributed by atoms with Gasteiger partial charge in [0.05, 0.1) is 18.4 Å².